The Labute approximate surface area is 75.7 Å². The molecule has 0 aromatic heterocycles. The summed E-state index contributed by atoms with van der Waals surface area (Å²) in [5, 5.41) is 16.8. The smallest absolute Gasteiger partial charge is 0.317 e. The molecule has 0 aliphatic heterocycles. The van der Waals surface area contributed by atoms with Gasteiger partial charge < -0.3 is 14.9 Å². The van der Waals surface area contributed by atoms with Gasteiger partial charge in [-0.25, -0.2) is 0 Å². The van der Waals surface area contributed by atoms with Gasteiger partial charge in [0.25, 0.3) is 0 Å². The topological polar surface area (TPSA) is 87.1 Å². The Kier molecular flexibility index (Phi) is 5.82. The van der Waals surface area contributed by atoms with Crippen LogP contribution in [0.2, 0.25) is 0 Å². The first-order valence-electron chi connectivity index (χ1n) is 3.80. The summed E-state index contributed by atoms with van der Waals surface area (Å²) in [6.45, 7) is 1.54. The first kappa shape index (κ1) is 11.9. The lowest BCUT2D eigenvalue weighted by molar-refractivity contribution is -0.144. The molecule has 76 valence electrons. The summed E-state index contributed by atoms with van der Waals surface area (Å²) in [6, 6.07) is 0. The number of rotatable bonds is 7. The number of hydrogen-bond donors (Lipinski definition) is 2. The normalized spacial score (nSPS) is 10.3. The van der Waals surface area contributed by atoms with Crippen LogP contribution in [-0.4, -0.2) is 53.5 Å². The van der Waals surface area contributed by atoms with Crippen LogP contribution in [0.25, 0.3) is 0 Å². The van der Waals surface area contributed by atoms with Crippen molar-refractivity contribution in [3.63, 3.8) is 0 Å². The predicted octanol–water partition coefficient (Wildman–Crippen LogP) is -0.548. The van der Waals surface area contributed by atoms with E-state index in [0.717, 1.165) is 0 Å². The van der Waals surface area contributed by atoms with Crippen LogP contribution < -0.4 is 0 Å². The van der Waals surface area contributed by atoms with Crippen molar-refractivity contribution in [1.82, 2.24) is 4.90 Å². The van der Waals surface area contributed by atoms with Crippen molar-refractivity contribution < 1.29 is 24.5 Å². The lowest BCUT2D eigenvalue weighted by Gasteiger charge is -2.16. The van der Waals surface area contributed by atoms with Crippen LogP contribution in [-0.2, 0) is 14.3 Å². The van der Waals surface area contributed by atoms with Gasteiger partial charge in [-0.2, -0.15) is 0 Å². The van der Waals surface area contributed by atoms with E-state index in [-0.39, 0.29) is 19.8 Å². The van der Waals surface area contributed by atoms with E-state index in [9.17, 15) is 9.59 Å². The van der Waals surface area contributed by atoms with Crippen molar-refractivity contribution in [2.24, 2.45) is 0 Å². The average molecular weight is 191 g/mol. The number of nitrogens with zero attached hydrogens (tertiary/aromatic N) is 1. The number of ether oxygens (including phenoxy) is 1. The maximum atomic E-state index is 10.3. The fourth-order valence-electron chi connectivity index (χ4n) is 0.750. The second-order valence-corrected chi connectivity index (χ2v) is 2.40. The summed E-state index contributed by atoms with van der Waals surface area (Å²) in [7, 11) is 0. The molecule has 13 heavy (non-hydrogen) atoms. The maximum Gasteiger partial charge on any atom is 0.317 e. The molecule has 0 atom stereocenters. The summed E-state index contributed by atoms with van der Waals surface area (Å²) in [6.07, 6.45) is 0. The molecular formula is C7H13NO5. The predicted molar refractivity (Wildman–Crippen MR) is 43.3 cm³/mol. The highest BCUT2D eigenvalue weighted by atomic mass is 16.5. The molecule has 0 spiro atoms. The number of carboxylic acids is 2. The summed E-state index contributed by atoms with van der Waals surface area (Å²) < 4.78 is 4.90. The van der Waals surface area contributed by atoms with Crippen molar-refractivity contribution in [2.45, 2.75) is 6.92 Å². The van der Waals surface area contributed by atoms with E-state index in [4.69, 9.17) is 14.9 Å². The van der Waals surface area contributed by atoms with Crippen LogP contribution in [0.15, 0.2) is 0 Å². The first-order valence-corrected chi connectivity index (χ1v) is 3.80. The molecule has 0 unspecified atom stereocenters. The zero-order valence-corrected chi connectivity index (χ0v) is 7.39. The van der Waals surface area contributed by atoms with Crippen LogP contribution in [0.4, 0.5) is 0 Å². The van der Waals surface area contributed by atoms with Gasteiger partial charge in [0.1, 0.15) is 0 Å². The monoisotopic (exact) mass is 191 g/mol. The lowest BCUT2D eigenvalue weighted by Crippen LogP contribution is -2.36. The van der Waals surface area contributed by atoms with Gasteiger partial charge in [0.15, 0.2) is 0 Å². The highest BCUT2D eigenvalue weighted by Crippen LogP contribution is 1.89. The van der Waals surface area contributed by atoms with Gasteiger partial charge >= 0.3 is 11.9 Å². The summed E-state index contributed by atoms with van der Waals surface area (Å²) in [5.74, 6) is -2.14. The third-order valence-corrected chi connectivity index (χ3v) is 1.20. The molecule has 0 rings (SSSR count). The van der Waals surface area contributed by atoms with Crippen molar-refractivity contribution in [2.75, 3.05) is 26.4 Å². The van der Waals surface area contributed by atoms with E-state index < -0.39 is 11.9 Å². The standard InChI is InChI=1S/C7H13NO5/c1-2-13-5-8(3-6(9)10)4-7(11)12/h2-5H2,1H3,(H,9,10)(H,11,12). The zero-order chi connectivity index (χ0) is 10.3. The van der Waals surface area contributed by atoms with Crippen molar-refractivity contribution in [1.29, 1.82) is 0 Å². The lowest BCUT2D eigenvalue weighted by atomic mass is 10.5. The van der Waals surface area contributed by atoms with Crippen LogP contribution in [0.5, 0.6) is 0 Å². The van der Waals surface area contributed by atoms with E-state index in [0.29, 0.717) is 6.61 Å². The molecule has 0 aromatic rings. The van der Waals surface area contributed by atoms with E-state index in [1.165, 1.54) is 4.90 Å². The third kappa shape index (κ3) is 7.23. The minimum atomic E-state index is -1.07. The second-order valence-electron chi connectivity index (χ2n) is 2.40. The molecule has 6 heteroatoms. The third-order valence-electron chi connectivity index (χ3n) is 1.20. The number of aliphatic carboxylic acids is 2. The Bertz CT molecular complexity index is 166. The molecule has 2 N–H and O–H groups in total. The second kappa shape index (κ2) is 6.38. The van der Waals surface area contributed by atoms with Crippen molar-refractivity contribution in [3.05, 3.63) is 0 Å². The molecule has 0 saturated carbocycles. The fraction of sp³-hybridized carbons (Fsp3) is 0.714. The van der Waals surface area contributed by atoms with E-state index in [1.54, 1.807) is 6.92 Å². The molecule has 0 bridgehead atoms. The Morgan fingerprint density at radius 3 is 2.00 bits per heavy atom. The van der Waals surface area contributed by atoms with E-state index in [1.807, 2.05) is 0 Å². The number of carbonyl (C=O) groups is 2. The summed E-state index contributed by atoms with van der Waals surface area (Å²) in [4.78, 5) is 21.7. The Morgan fingerprint density at radius 2 is 1.69 bits per heavy atom. The highest BCUT2D eigenvalue weighted by Gasteiger charge is 2.12. The van der Waals surface area contributed by atoms with Gasteiger partial charge in [-0.3, -0.25) is 14.5 Å². The number of hydrogen-bond acceptors (Lipinski definition) is 4. The average Bonchev–Trinajstić information content (AvgIpc) is 1.98. The van der Waals surface area contributed by atoms with Crippen molar-refractivity contribution >= 4 is 11.9 Å². The molecular weight excluding hydrogens is 178 g/mol. The molecule has 0 heterocycles. The van der Waals surface area contributed by atoms with E-state index >= 15 is 0 Å². The molecule has 0 amide bonds. The highest BCUT2D eigenvalue weighted by molar-refractivity contribution is 5.72. The Balaban J connectivity index is 3.87. The van der Waals surface area contributed by atoms with Gasteiger partial charge in [-0.15, -0.1) is 0 Å². The maximum absolute atomic E-state index is 10.3. The quantitative estimate of drug-likeness (QED) is 0.525. The zero-order valence-electron chi connectivity index (χ0n) is 7.39. The minimum absolute atomic E-state index is 0.0229. The molecule has 0 aliphatic rings. The molecule has 0 saturated heterocycles. The summed E-state index contributed by atoms with van der Waals surface area (Å²) in [5.41, 5.74) is 0. The van der Waals surface area contributed by atoms with Crippen LogP contribution in [0, 0.1) is 0 Å². The minimum Gasteiger partial charge on any atom is -0.480 e. The van der Waals surface area contributed by atoms with Gasteiger partial charge in [0.2, 0.25) is 0 Å². The molecule has 6 nitrogen and oxygen atoms in total. The number of carboxylic acid groups (broad SMARTS) is 2. The van der Waals surface area contributed by atoms with Crippen LogP contribution >= 0.6 is 0 Å². The van der Waals surface area contributed by atoms with Crippen molar-refractivity contribution in [3.8, 4) is 0 Å². The van der Waals surface area contributed by atoms with Gasteiger partial charge in [-0.05, 0) is 6.92 Å². The first-order chi connectivity index (χ1) is 6.06. The molecule has 0 radical (unpaired) electrons. The van der Waals surface area contributed by atoms with Crippen LogP contribution in [0.1, 0.15) is 6.92 Å². The Morgan fingerprint density at radius 1 is 1.23 bits per heavy atom. The molecule has 0 aromatic carbocycles. The SMILES string of the molecule is CCOCN(CC(=O)O)CC(=O)O. The van der Waals surface area contributed by atoms with E-state index in [2.05, 4.69) is 0 Å². The molecule has 0 aliphatic carbocycles. The van der Waals surface area contributed by atoms with Gasteiger partial charge in [0.05, 0.1) is 19.8 Å². The fourth-order valence-corrected chi connectivity index (χ4v) is 0.750. The van der Waals surface area contributed by atoms with Gasteiger partial charge in [0, 0.05) is 6.61 Å². The van der Waals surface area contributed by atoms with Crippen LogP contribution in [0.3, 0.4) is 0 Å². The molecule has 0 fully saturated rings. The largest absolute Gasteiger partial charge is 0.480 e. The van der Waals surface area contributed by atoms with Gasteiger partial charge in [-0.1, -0.05) is 0 Å². The summed E-state index contributed by atoms with van der Waals surface area (Å²) >= 11 is 0. The Hall–Kier alpha value is -1.14.